The number of hydrogen-bond donors (Lipinski definition) is 0. The summed E-state index contributed by atoms with van der Waals surface area (Å²) in [6, 6.07) is 8.45. The summed E-state index contributed by atoms with van der Waals surface area (Å²) >= 11 is 0. The Hall–Kier alpha value is -1.02. The van der Waals surface area contributed by atoms with Crippen molar-refractivity contribution in [3.05, 3.63) is 29.8 Å². The number of rotatable bonds is 6. The Morgan fingerprint density at radius 2 is 1.71 bits per heavy atom. The van der Waals surface area contributed by atoms with Gasteiger partial charge in [0.05, 0.1) is 6.61 Å². The fourth-order valence-corrected chi connectivity index (χ4v) is 3.01. The third kappa shape index (κ3) is 5.35. The maximum atomic E-state index is 6.03. The van der Waals surface area contributed by atoms with Gasteiger partial charge in [-0.2, -0.15) is 0 Å². The molecule has 0 atom stereocenters. The van der Waals surface area contributed by atoms with Crippen LogP contribution in [0.2, 0.25) is 0 Å². The van der Waals surface area contributed by atoms with E-state index in [0.717, 1.165) is 18.8 Å². The Labute approximate surface area is 130 Å². The topological polar surface area (TPSA) is 12.5 Å². The van der Waals surface area contributed by atoms with Crippen LogP contribution in [0.3, 0.4) is 0 Å². The van der Waals surface area contributed by atoms with E-state index in [4.69, 9.17) is 4.74 Å². The smallest absolute Gasteiger partial charge is 0.123 e. The Kier molecular flexibility index (Phi) is 6.10. The van der Waals surface area contributed by atoms with Gasteiger partial charge in [0, 0.05) is 0 Å². The van der Waals surface area contributed by atoms with Crippen LogP contribution in [0.4, 0.5) is 0 Å². The van der Waals surface area contributed by atoms with Gasteiger partial charge in [-0.05, 0) is 62.4 Å². The molecular weight excluding hydrogens is 258 g/mol. The first-order chi connectivity index (χ1) is 10.1. The number of likely N-dealkylation sites (tertiary alicyclic amines) is 1. The Bertz CT molecular complexity index is 416. The largest absolute Gasteiger partial charge is 0.493 e. The second kappa shape index (κ2) is 7.84. The number of para-hydroxylation sites is 1. The van der Waals surface area contributed by atoms with E-state index in [1.54, 1.807) is 0 Å². The predicted octanol–water partition coefficient (Wildman–Crippen LogP) is 4.63. The maximum absolute atomic E-state index is 6.03. The van der Waals surface area contributed by atoms with Gasteiger partial charge in [-0.25, -0.2) is 0 Å². The van der Waals surface area contributed by atoms with Crippen LogP contribution in [0.5, 0.6) is 5.75 Å². The first-order valence-electron chi connectivity index (χ1n) is 8.52. The van der Waals surface area contributed by atoms with Crippen molar-refractivity contribution in [2.45, 2.75) is 58.3 Å². The van der Waals surface area contributed by atoms with Gasteiger partial charge < -0.3 is 9.64 Å². The fraction of sp³-hybridized carbons (Fsp3) is 0.684. The molecule has 1 saturated heterocycles. The van der Waals surface area contributed by atoms with E-state index in [0.29, 0.717) is 0 Å². The van der Waals surface area contributed by atoms with Crippen LogP contribution in [0, 0.1) is 0 Å². The summed E-state index contributed by atoms with van der Waals surface area (Å²) < 4.78 is 6.03. The second-order valence-corrected chi connectivity index (χ2v) is 7.20. The number of nitrogens with zero attached hydrogens (tertiary/aromatic N) is 1. The van der Waals surface area contributed by atoms with Crippen LogP contribution in [0.25, 0.3) is 0 Å². The molecule has 0 spiro atoms. The molecule has 0 aromatic heterocycles. The van der Waals surface area contributed by atoms with Crippen LogP contribution in [0.1, 0.15) is 58.4 Å². The molecule has 21 heavy (non-hydrogen) atoms. The third-order valence-corrected chi connectivity index (χ3v) is 4.27. The number of benzene rings is 1. The summed E-state index contributed by atoms with van der Waals surface area (Å²) in [4.78, 5) is 2.60. The molecule has 1 fully saturated rings. The molecule has 2 rings (SSSR count). The van der Waals surface area contributed by atoms with E-state index in [1.165, 1.54) is 50.9 Å². The van der Waals surface area contributed by atoms with Gasteiger partial charge in [-0.3, -0.25) is 0 Å². The molecule has 0 saturated carbocycles. The van der Waals surface area contributed by atoms with Gasteiger partial charge >= 0.3 is 0 Å². The monoisotopic (exact) mass is 289 g/mol. The minimum atomic E-state index is 0.143. The van der Waals surface area contributed by atoms with Crippen LogP contribution in [0.15, 0.2) is 24.3 Å². The van der Waals surface area contributed by atoms with Crippen LogP contribution in [-0.4, -0.2) is 31.1 Å². The Morgan fingerprint density at radius 1 is 1.00 bits per heavy atom. The van der Waals surface area contributed by atoms with Gasteiger partial charge in [0.2, 0.25) is 0 Å². The van der Waals surface area contributed by atoms with Crippen molar-refractivity contribution < 1.29 is 4.74 Å². The zero-order chi connectivity index (χ0) is 15.1. The zero-order valence-electron chi connectivity index (χ0n) is 14.0. The summed E-state index contributed by atoms with van der Waals surface area (Å²) in [5.74, 6) is 1.06. The van der Waals surface area contributed by atoms with Gasteiger partial charge in [0.15, 0.2) is 0 Å². The van der Waals surface area contributed by atoms with Crippen molar-refractivity contribution in [1.29, 1.82) is 0 Å². The highest BCUT2D eigenvalue weighted by atomic mass is 16.5. The standard InChI is InChI=1S/C19H31NO/c1-19(2,3)17-11-5-6-12-18(17)21-16-10-9-15-20-13-7-4-8-14-20/h5-6,11-12H,4,7-10,13-16H2,1-3H3. The summed E-state index contributed by atoms with van der Waals surface area (Å²) in [5.41, 5.74) is 1.45. The zero-order valence-corrected chi connectivity index (χ0v) is 14.0. The lowest BCUT2D eigenvalue weighted by Gasteiger charge is -2.26. The quantitative estimate of drug-likeness (QED) is 0.708. The molecular formula is C19H31NO. The minimum Gasteiger partial charge on any atom is -0.493 e. The Balaban J connectivity index is 1.71. The number of unbranched alkanes of at least 4 members (excludes halogenated alkanes) is 1. The highest BCUT2D eigenvalue weighted by Gasteiger charge is 2.18. The van der Waals surface area contributed by atoms with Crippen LogP contribution >= 0.6 is 0 Å². The summed E-state index contributed by atoms with van der Waals surface area (Å²) in [5, 5.41) is 0. The van der Waals surface area contributed by atoms with Crippen LogP contribution < -0.4 is 4.74 Å². The Morgan fingerprint density at radius 3 is 2.43 bits per heavy atom. The molecule has 2 heteroatoms. The molecule has 1 aliphatic rings. The number of ether oxygens (including phenoxy) is 1. The van der Waals surface area contributed by atoms with Gasteiger partial charge in [-0.1, -0.05) is 45.4 Å². The summed E-state index contributed by atoms with van der Waals surface area (Å²) in [6.07, 6.45) is 6.58. The van der Waals surface area contributed by atoms with E-state index in [9.17, 15) is 0 Å². The molecule has 1 heterocycles. The highest BCUT2D eigenvalue weighted by molar-refractivity contribution is 5.38. The molecule has 0 amide bonds. The lowest BCUT2D eigenvalue weighted by Crippen LogP contribution is -2.30. The predicted molar refractivity (Wildman–Crippen MR) is 90.2 cm³/mol. The second-order valence-electron chi connectivity index (χ2n) is 7.20. The first-order valence-corrected chi connectivity index (χ1v) is 8.52. The molecule has 0 N–H and O–H groups in total. The molecule has 0 unspecified atom stereocenters. The number of piperidine rings is 1. The van der Waals surface area contributed by atoms with Crippen molar-refractivity contribution in [3.63, 3.8) is 0 Å². The van der Waals surface area contributed by atoms with Crippen molar-refractivity contribution >= 4 is 0 Å². The SMILES string of the molecule is CC(C)(C)c1ccccc1OCCCCN1CCCCC1. The normalized spacial score (nSPS) is 16.9. The first kappa shape index (κ1) is 16.4. The average Bonchev–Trinajstić information content (AvgIpc) is 2.47. The van der Waals surface area contributed by atoms with Gasteiger partial charge in [0.25, 0.3) is 0 Å². The van der Waals surface area contributed by atoms with Gasteiger partial charge in [-0.15, -0.1) is 0 Å². The molecule has 2 nitrogen and oxygen atoms in total. The molecule has 1 aromatic rings. The molecule has 1 aromatic carbocycles. The van der Waals surface area contributed by atoms with E-state index < -0.39 is 0 Å². The van der Waals surface area contributed by atoms with E-state index >= 15 is 0 Å². The molecule has 0 bridgehead atoms. The van der Waals surface area contributed by atoms with E-state index in [-0.39, 0.29) is 5.41 Å². The summed E-state index contributed by atoms with van der Waals surface area (Å²) in [6.45, 7) is 11.4. The van der Waals surface area contributed by atoms with Crippen molar-refractivity contribution in [3.8, 4) is 5.75 Å². The maximum Gasteiger partial charge on any atom is 0.123 e. The molecule has 118 valence electrons. The average molecular weight is 289 g/mol. The van der Waals surface area contributed by atoms with Crippen LogP contribution in [-0.2, 0) is 5.41 Å². The minimum absolute atomic E-state index is 0.143. The van der Waals surface area contributed by atoms with Crippen molar-refractivity contribution in [1.82, 2.24) is 4.90 Å². The van der Waals surface area contributed by atoms with E-state index in [1.807, 2.05) is 0 Å². The van der Waals surface area contributed by atoms with Gasteiger partial charge in [0.1, 0.15) is 5.75 Å². The molecule has 1 aliphatic heterocycles. The third-order valence-electron chi connectivity index (χ3n) is 4.27. The fourth-order valence-electron chi connectivity index (χ4n) is 3.01. The van der Waals surface area contributed by atoms with Crippen molar-refractivity contribution in [2.24, 2.45) is 0 Å². The molecule has 0 aliphatic carbocycles. The molecule has 0 radical (unpaired) electrons. The van der Waals surface area contributed by atoms with E-state index in [2.05, 4.69) is 49.9 Å². The van der Waals surface area contributed by atoms with Crippen molar-refractivity contribution in [2.75, 3.05) is 26.2 Å². The lowest BCUT2D eigenvalue weighted by molar-refractivity contribution is 0.215. The summed E-state index contributed by atoms with van der Waals surface area (Å²) in [7, 11) is 0. The highest BCUT2D eigenvalue weighted by Crippen LogP contribution is 2.30. The lowest BCUT2D eigenvalue weighted by atomic mass is 9.86. The number of hydrogen-bond acceptors (Lipinski definition) is 2.